The summed E-state index contributed by atoms with van der Waals surface area (Å²) in [6.07, 6.45) is 4.83. The van der Waals surface area contributed by atoms with Crippen molar-refractivity contribution >= 4 is 21.7 Å². The fraction of sp³-hybridized carbons (Fsp3) is 0.438. The maximum absolute atomic E-state index is 6.37. The van der Waals surface area contributed by atoms with E-state index in [2.05, 4.69) is 39.6 Å². The van der Waals surface area contributed by atoms with Crippen LogP contribution in [0.1, 0.15) is 44.3 Å². The Morgan fingerprint density at radius 2 is 2.00 bits per heavy atom. The summed E-state index contributed by atoms with van der Waals surface area (Å²) in [5.41, 5.74) is 8.41. The predicted octanol–water partition coefficient (Wildman–Crippen LogP) is 4.57. The van der Waals surface area contributed by atoms with Crippen LogP contribution in [0.2, 0.25) is 0 Å². The zero-order chi connectivity index (χ0) is 14.1. The molecule has 0 saturated heterocycles. The van der Waals surface area contributed by atoms with Gasteiger partial charge in [-0.3, -0.25) is 0 Å². The van der Waals surface area contributed by atoms with Crippen LogP contribution in [0.4, 0.5) is 5.82 Å². The fourth-order valence-electron chi connectivity index (χ4n) is 2.51. The topological polar surface area (TPSA) is 43.8 Å². The molecule has 2 aromatic rings. The molecule has 1 aliphatic carbocycles. The lowest BCUT2D eigenvalue weighted by molar-refractivity contribution is 0.609. The third-order valence-corrected chi connectivity index (χ3v) is 4.36. The minimum Gasteiger partial charge on any atom is -0.383 e. The first-order valence-electron chi connectivity index (χ1n) is 7.32. The van der Waals surface area contributed by atoms with Crippen molar-refractivity contribution in [3.05, 3.63) is 34.6 Å². The smallest absolute Gasteiger partial charge is 0.131 e. The number of nitrogens with two attached hydrogens (primary N) is 1. The molecule has 2 N–H and O–H groups in total. The van der Waals surface area contributed by atoms with Crippen LogP contribution < -0.4 is 5.73 Å². The van der Waals surface area contributed by atoms with E-state index in [9.17, 15) is 0 Å². The molecule has 0 unspecified atom stereocenters. The van der Waals surface area contributed by atoms with Gasteiger partial charge in [0.15, 0.2) is 0 Å². The van der Waals surface area contributed by atoms with Crippen LogP contribution in [0.25, 0.3) is 11.3 Å². The van der Waals surface area contributed by atoms with Crippen LogP contribution in [0.15, 0.2) is 28.7 Å². The van der Waals surface area contributed by atoms with Crippen LogP contribution in [-0.2, 0) is 6.54 Å². The standard InChI is InChI=1S/C16H20BrN3/c1-2-3-10-20-15(18)14(19-16(20)12-4-5-12)11-6-8-13(17)9-7-11/h6-9,12H,2-5,10,18H2,1H3. The Kier molecular flexibility index (Phi) is 3.83. The van der Waals surface area contributed by atoms with Gasteiger partial charge >= 0.3 is 0 Å². The van der Waals surface area contributed by atoms with E-state index in [1.807, 2.05) is 12.1 Å². The lowest BCUT2D eigenvalue weighted by atomic mass is 10.1. The molecular weight excluding hydrogens is 314 g/mol. The molecule has 1 heterocycles. The molecule has 3 nitrogen and oxygen atoms in total. The van der Waals surface area contributed by atoms with Gasteiger partial charge in [-0.2, -0.15) is 0 Å². The highest BCUT2D eigenvalue weighted by molar-refractivity contribution is 9.10. The fourth-order valence-corrected chi connectivity index (χ4v) is 2.77. The molecule has 0 spiro atoms. The molecule has 106 valence electrons. The molecular formula is C16H20BrN3. The van der Waals surface area contributed by atoms with Crippen molar-refractivity contribution in [3.63, 3.8) is 0 Å². The molecule has 1 aromatic carbocycles. The molecule has 0 atom stereocenters. The van der Waals surface area contributed by atoms with Gasteiger partial charge in [-0.1, -0.05) is 41.4 Å². The highest BCUT2D eigenvalue weighted by Crippen LogP contribution is 2.42. The number of halogens is 1. The Morgan fingerprint density at radius 3 is 2.60 bits per heavy atom. The van der Waals surface area contributed by atoms with Crippen LogP contribution in [0, 0.1) is 0 Å². The van der Waals surface area contributed by atoms with Crippen LogP contribution in [0.5, 0.6) is 0 Å². The molecule has 4 heteroatoms. The lowest BCUT2D eigenvalue weighted by Crippen LogP contribution is -2.06. The summed E-state index contributed by atoms with van der Waals surface area (Å²) in [7, 11) is 0. The summed E-state index contributed by atoms with van der Waals surface area (Å²) in [5.74, 6) is 2.63. The summed E-state index contributed by atoms with van der Waals surface area (Å²) in [5, 5.41) is 0. The van der Waals surface area contributed by atoms with Crippen LogP contribution >= 0.6 is 15.9 Å². The second-order valence-electron chi connectivity index (χ2n) is 5.49. The normalized spacial score (nSPS) is 14.7. The average molecular weight is 334 g/mol. The third kappa shape index (κ3) is 2.62. The van der Waals surface area contributed by atoms with Crippen molar-refractivity contribution in [2.45, 2.75) is 45.1 Å². The molecule has 1 aromatic heterocycles. The molecule has 0 amide bonds. The van der Waals surface area contributed by atoms with Crippen molar-refractivity contribution in [2.75, 3.05) is 5.73 Å². The first kappa shape index (κ1) is 13.7. The van der Waals surface area contributed by atoms with E-state index in [1.165, 1.54) is 25.1 Å². The number of anilines is 1. The van der Waals surface area contributed by atoms with Crippen molar-refractivity contribution < 1.29 is 0 Å². The Hall–Kier alpha value is -1.29. The minimum absolute atomic E-state index is 0.623. The zero-order valence-electron chi connectivity index (χ0n) is 11.8. The van der Waals surface area contributed by atoms with Crippen molar-refractivity contribution in [3.8, 4) is 11.3 Å². The van der Waals surface area contributed by atoms with Gasteiger partial charge in [-0.05, 0) is 31.4 Å². The number of nitrogen functional groups attached to an aromatic ring is 1. The summed E-state index contributed by atoms with van der Waals surface area (Å²) in [4.78, 5) is 4.85. The summed E-state index contributed by atoms with van der Waals surface area (Å²) < 4.78 is 3.31. The van der Waals surface area contributed by atoms with Gasteiger partial charge in [0.25, 0.3) is 0 Å². The quantitative estimate of drug-likeness (QED) is 0.870. The monoisotopic (exact) mass is 333 g/mol. The molecule has 3 rings (SSSR count). The van der Waals surface area contributed by atoms with Gasteiger partial charge < -0.3 is 10.3 Å². The van der Waals surface area contributed by atoms with Crippen LogP contribution in [0.3, 0.4) is 0 Å². The van der Waals surface area contributed by atoms with E-state index < -0.39 is 0 Å². The highest BCUT2D eigenvalue weighted by Gasteiger charge is 2.30. The molecule has 1 fully saturated rings. The minimum atomic E-state index is 0.623. The Bertz CT molecular complexity index is 597. The maximum atomic E-state index is 6.37. The molecule has 1 aliphatic rings. The summed E-state index contributed by atoms with van der Waals surface area (Å²) >= 11 is 3.47. The second-order valence-corrected chi connectivity index (χ2v) is 6.41. The van der Waals surface area contributed by atoms with Crippen molar-refractivity contribution in [1.29, 1.82) is 0 Å². The molecule has 0 bridgehead atoms. The van der Waals surface area contributed by atoms with E-state index in [1.54, 1.807) is 0 Å². The van der Waals surface area contributed by atoms with Gasteiger partial charge in [0.05, 0.1) is 0 Å². The first-order valence-corrected chi connectivity index (χ1v) is 8.11. The Morgan fingerprint density at radius 1 is 1.30 bits per heavy atom. The van der Waals surface area contributed by atoms with E-state index in [-0.39, 0.29) is 0 Å². The van der Waals surface area contributed by atoms with Crippen molar-refractivity contribution in [1.82, 2.24) is 9.55 Å². The SMILES string of the molecule is CCCCn1c(C2CC2)nc(-c2ccc(Br)cc2)c1N. The summed E-state index contributed by atoms with van der Waals surface area (Å²) in [6, 6.07) is 8.22. The highest BCUT2D eigenvalue weighted by atomic mass is 79.9. The predicted molar refractivity (Wildman–Crippen MR) is 86.7 cm³/mol. The lowest BCUT2D eigenvalue weighted by Gasteiger charge is -2.08. The first-order chi connectivity index (χ1) is 9.70. The molecule has 0 aliphatic heterocycles. The number of unbranched alkanes of at least 4 members (excludes halogenated alkanes) is 1. The van der Waals surface area contributed by atoms with Crippen LogP contribution in [-0.4, -0.2) is 9.55 Å². The van der Waals surface area contributed by atoms with E-state index in [4.69, 9.17) is 10.7 Å². The van der Waals surface area contributed by atoms with E-state index in [0.717, 1.165) is 34.5 Å². The van der Waals surface area contributed by atoms with Gasteiger partial charge in [-0.25, -0.2) is 4.98 Å². The third-order valence-electron chi connectivity index (χ3n) is 3.83. The average Bonchev–Trinajstić information content (AvgIpc) is 3.23. The van der Waals surface area contributed by atoms with Gasteiger partial charge in [0.1, 0.15) is 17.3 Å². The van der Waals surface area contributed by atoms with Gasteiger partial charge in [-0.15, -0.1) is 0 Å². The maximum Gasteiger partial charge on any atom is 0.131 e. The zero-order valence-corrected chi connectivity index (χ0v) is 13.4. The number of hydrogen-bond acceptors (Lipinski definition) is 2. The second kappa shape index (κ2) is 5.60. The van der Waals surface area contributed by atoms with Crippen molar-refractivity contribution in [2.24, 2.45) is 0 Å². The number of hydrogen-bond donors (Lipinski definition) is 1. The number of benzene rings is 1. The Balaban J connectivity index is 2.00. The number of nitrogens with zero attached hydrogens (tertiary/aromatic N) is 2. The number of rotatable bonds is 5. The van der Waals surface area contributed by atoms with Gasteiger partial charge in [0, 0.05) is 22.5 Å². The number of aromatic nitrogens is 2. The molecule has 20 heavy (non-hydrogen) atoms. The Labute approximate surface area is 128 Å². The van der Waals surface area contributed by atoms with Gasteiger partial charge in [0.2, 0.25) is 0 Å². The molecule has 1 saturated carbocycles. The number of imidazole rings is 1. The van der Waals surface area contributed by atoms with E-state index >= 15 is 0 Å². The molecule has 0 radical (unpaired) electrons. The summed E-state index contributed by atoms with van der Waals surface area (Å²) in [6.45, 7) is 3.19. The largest absolute Gasteiger partial charge is 0.383 e. The van der Waals surface area contributed by atoms with E-state index in [0.29, 0.717) is 5.92 Å².